The van der Waals surface area contributed by atoms with Crippen molar-refractivity contribution in [3.8, 4) is 5.75 Å². The third-order valence-electron chi connectivity index (χ3n) is 6.30. The molecule has 1 saturated heterocycles. The van der Waals surface area contributed by atoms with Gasteiger partial charge in [0.2, 0.25) is 0 Å². The molecule has 2 atom stereocenters. The number of nitrogens with one attached hydrogen (secondary N) is 3. The highest BCUT2D eigenvalue weighted by atomic mass is 16.5. The average Bonchev–Trinajstić information content (AvgIpc) is 3.23. The van der Waals surface area contributed by atoms with Crippen molar-refractivity contribution in [1.82, 2.24) is 16.0 Å². The molecule has 0 aromatic heterocycles. The van der Waals surface area contributed by atoms with Crippen LogP contribution < -0.4 is 20.7 Å². The number of para-hydroxylation sites is 1. The van der Waals surface area contributed by atoms with Crippen LogP contribution in [0.1, 0.15) is 36.9 Å². The molecule has 0 bridgehead atoms. The van der Waals surface area contributed by atoms with Crippen LogP contribution in [0.5, 0.6) is 5.75 Å². The largest absolute Gasteiger partial charge is 0.488 e. The molecule has 2 aromatic rings. The van der Waals surface area contributed by atoms with E-state index in [1.54, 1.807) is 0 Å². The molecule has 2 aliphatic rings. The minimum Gasteiger partial charge on any atom is -0.488 e. The molecule has 2 aliphatic heterocycles. The van der Waals surface area contributed by atoms with Crippen molar-refractivity contribution in [1.29, 1.82) is 0 Å². The number of benzene rings is 2. The molecule has 166 valence electrons. The zero-order valence-electron chi connectivity index (χ0n) is 18.6. The summed E-state index contributed by atoms with van der Waals surface area (Å²) in [7, 11) is 1.82. The molecule has 4 rings (SSSR count). The van der Waals surface area contributed by atoms with Crippen LogP contribution in [0.3, 0.4) is 0 Å². The normalized spacial score (nSPS) is 21.1. The molecular formula is C25H34N4O2. The van der Waals surface area contributed by atoms with Crippen LogP contribution in [0, 0.1) is 0 Å². The van der Waals surface area contributed by atoms with Gasteiger partial charge in [-0.05, 0) is 37.0 Å². The second-order valence-corrected chi connectivity index (χ2v) is 8.53. The Labute approximate surface area is 185 Å². The lowest BCUT2D eigenvalue weighted by Gasteiger charge is -2.41. The fourth-order valence-electron chi connectivity index (χ4n) is 4.47. The number of rotatable bonds is 7. The second kappa shape index (κ2) is 10.2. The van der Waals surface area contributed by atoms with Crippen LogP contribution in [0.4, 0.5) is 0 Å². The maximum absolute atomic E-state index is 6.04. The smallest absolute Gasteiger partial charge is 0.191 e. The molecule has 2 heterocycles. The van der Waals surface area contributed by atoms with Gasteiger partial charge in [0.15, 0.2) is 5.96 Å². The number of aliphatic imine (C=N–C) groups is 1. The molecule has 1 fully saturated rings. The highest BCUT2D eigenvalue weighted by Gasteiger charge is 2.34. The van der Waals surface area contributed by atoms with E-state index in [9.17, 15) is 0 Å². The summed E-state index contributed by atoms with van der Waals surface area (Å²) in [4.78, 5) is 4.43. The summed E-state index contributed by atoms with van der Waals surface area (Å²) < 4.78 is 11.7. The van der Waals surface area contributed by atoms with Crippen LogP contribution in [0.2, 0.25) is 0 Å². The predicted octanol–water partition coefficient (Wildman–Crippen LogP) is 3.06. The van der Waals surface area contributed by atoms with Crippen LogP contribution in [-0.2, 0) is 11.2 Å². The standard InChI is InChI=1S/C25H34N4O2/c1-19(20-8-4-3-5-9-20)29-25(12-14-30-15-13-25)18-28-24(26-2)27-17-22-16-21-10-6-7-11-23(21)31-22/h3-11,19,22,29H,12-18H2,1-2H3,(H2,26,27,28). The van der Waals surface area contributed by atoms with Crippen LogP contribution in [0.15, 0.2) is 59.6 Å². The van der Waals surface area contributed by atoms with Gasteiger partial charge >= 0.3 is 0 Å². The molecular weight excluding hydrogens is 388 g/mol. The molecule has 0 amide bonds. The Bertz CT molecular complexity index is 840. The molecule has 6 nitrogen and oxygen atoms in total. The molecule has 2 aromatic carbocycles. The summed E-state index contributed by atoms with van der Waals surface area (Å²) in [6, 6.07) is 19.1. The van der Waals surface area contributed by atoms with Crippen LogP contribution >= 0.6 is 0 Å². The zero-order chi connectivity index (χ0) is 21.5. The molecule has 0 radical (unpaired) electrons. The number of hydrogen-bond acceptors (Lipinski definition) is 4. The van der Waals surface area contributed by atoms with Gasteiger partial charge < -0.3 is 25.4 Å². The molecule has 0 aliphatic carbocycles. The van der Waals surface area contributed by atoms with Crippen molar-refractivity contribution in [2.45, 2.75) is 43.9 Å². The van der Waals surface area contributed by atoms with Crippen LogP contribution in [-0.4, -0.2) is 51.0 Å². The summed E-state index contributed by atoms with van der Waals surface area (Å²) in [6.07, 6.45) is 2.99. The average molecular weight is 423 g/mol. The SMILES string of the molecule is CN=C(NCC1Cc2ccccc2O1)NCC1(NC(C)c2ccccc2)CCOCC1. The molecule has 2 unspecified atom stereocenters. The van der Waals surface area contributed by atoms with Crippen molar-refractivity contribution >= 4 is 5.96 Å². The Morgan fingerprint density at radius 3 is 2.55 bits per heavy atom. The zero-order valence-corrected chi connectivity index (χ0v) is 18.6. The van der Waals surface area contributed by atoms with Gasteiger partial charge in [0.05, 0.1) is 6.54 Å². The molecule has 0 spiro atoms. The minimum absolute atomic E-state index is 0.0365. The molecule has 31 heavy (non-hydrogen) atoms. The first-order valence-electron chi connectivity index (χ1n) is 11.3. The quantitative estimate of drug-likeness (QED) is 0.473. The van der Waals surface area contributed by atoms with Gasteiger partial charge in [-0.25, -0.2) is 0 Å². The van der Waals surface area contributed by atoms with Gasteiger partial charge in [-0.1, -0.05) is 48.5 Å². The van der Waals surface area contributed by atoms with Crippen molar-refractivity contribution in [3.05, 3.63) is 65.7 Å². The highest BCUT2D eigenvalue weighted by Crippen LogP contribution is 2.28. The van der Waals surface area contributed by atoms with E-state index in [2.05, 4.69) is 70.3 Å². The number of nitrogens with zero attached hydrogens (tertiary/aromatic N) is 1. The van der Waals surface area contributed by atoms with Crippen molar-refractivity contribution in [2.24, 2.45) is 4.99 Å². The summed E-state index contributed by atoms with van der Waals surface area (Å²) in [6.45, 7) is 5.29. The Morgan fingerprint density at radius 2 is 1.81 bits per heavy atom. The van der Waals surface area contributed by atoms with E-state index in [4.69, 9.17) is 9.47 Å². The van der Waals surface area contributed by atoms with E-state index in [1.165, 1.54) is 11.1 Å². The van der Waals surface area contributed by atoms with E-state index in [-0.39, 0.29) is 17.7 Å². The maximum Gasteiger partial charge on any atom is 0.191 e. The van der Waals surface area contributed by atoms with E-state index in [1.807, 2.05) is 19.2 Å². The first kappa shape index (κ1) is 21.7. The fourth-order valence-corrected chi connectivity index (χ4v) is 4.47. The van der Waals surface area contributed by atoms with Gasteiger partial charge in [0, 0.05) is 44.8 Å². The van der Waals surface area contributed by atoms with Gasteiger partial charge in [0.1, 0.15) is 11.9 Å². The Morgan fingerprint density at radius 1 is 1.06 bits per heavy atom. The number of guanidine groups is 1. The molecule has 0 saturated carbocycles. The predicted molar refractivity (Wildman–Crippen MR) is 125 cm³/mol. The number of ether oxygens (including phenoxy) is 2. The summed E-state index contributed by atoms with van der Waals surface area (Å²) in [5.41, 5.74) is 2.54. The van der Waals surface area contributed by atoms with E-state index < -0.39 is 0 Å². The number of hydrogen-bond donors (Lipinski definition) is 3. The topological polar surface area (TPSA) is 66.9 Å². The van der Waals surface area contributed by atoms with Gasteiger partial charge in [-0.3, -0.25) is 4.99 Å². The molecule has 3 N–H and O–H groups in total. The monoisotopic (exact) mass is 422 g/mol. The van der Waals surface area contributed by atoms with E-state index in [0.29, 0.717) is 0 Å². The van der Waals surface area contributed by atoms with Crippen molar-refractivity contribution in [3.63, 3.8) is 0 Å². The number of fused-ring (bicyclic) bond motifs is 1. The lowest BCUT2D eigenvalue weighted by molar-refractivity contribution is 0.0354. The van der Waals surface area contributed by atoms with Crippen molar-refractivity contribution in [2.75, 3.05) is 33.4 Å². The van der Waals surface area contributed by atoms with Gasteiger partial charge in [-0.15, -0.1) is 0 Å². The van der Waals surface area contributed by atoms with Crippen molar-refractivity contribution < 1.29 is 9.47 Å². The highest BCUT2D eigenvalue weighted by molar-refractivity contribution is 5.79. The third-order valence-corrected chi connectivity index (χ3v) is 6.30. The lowest BCUT2D eigenvalue weighted by Crippen LogP contribution is -2.58. The Kier molecular flexibility index (Phi) is 7.10. The first-order valence-corrected chi connectivity index (χ1v) is 11.3. The minimum atomic E-state index is -0.0365. The van der Waals surface area contributed by atoms with Gasteiger partial charge in [-0.2, -0.15) is 0 Å². The first-order chi connectivity index (χ1) is 15.2. The molecule has 6 heteroatoms. The summed E-state index contributed by atoms with van der Waals surface area (Å²) >= 11 is 0. The van der Waals surface area contributed by atoms with E-state index in [0.717, 1.165) is 57.3 Å². The maximum atomic E-state index is 6.04. The Hall–Kier alpha value is -2.57. The second-order valence-electron chi connectivity index (χ2n) is 8.53. The van der Waals surface area contributed by atoms with E-state index >= 15 is 0 Å². The Balaban J connectivity index is 1.32. The van der Waals surface area contributed by atoms with Crippen LogP contribution in [0.25, 0.3) is 0 Å². The lowest BCUT2D eigenvalue weighted by atomic mass is 9.88. The van der Waals surface area contributed by atoms with Gasteiger partial charge in [0.25, 0.3) is 0 Å². The summed E-state index contributed by atoms with van der Waals surface area (Å²) in [5, 5.41) is 10.9. The summed E-state index contributed by atoms with van der Waals surface area (Å²) in [5.74, 6) is 1.80. The third kappa shape index (κ3) is 5.57. The fraction of sp³-hybridized carbons (Fsp3) is 0.480.